The first-order chi connectivity index (χ1) is 28.5. The maximum atomic E-state index is 15.2. The first kappa shape index (κ1) is 44.5. The van der Waals surface area contributed by atoms with Gasteiger partial charge in [-0.25, -0.2) is 9.13 Å². The van der Waals surface area contributed by atoms with Crippen LogP contribution in [-0.2, 0) is 34.8 Å². The first-order valence-electron chi connectivity index (χ1n) is 21.1. The molecule has 0 radical (unpaired) electrons. The van der Waals surface area contributed by atoms with Gasteiger partial charge in [0.2, 0.25) is 0 Å². The molecule has 0 unspecified atom stereocenters. The molecule has 6 nitrogen and oxygen atoms in total. The lowest BCUT2D eigenvalue weighted by Gasteiger charge is -2.24. The molecule has 0 aromatic heterocycles. The molecule has 314 valence electrons. The van der Waals surface area contributed by atoms with Gasteiger partial charge >= 0.3 is 15.2 Å². The Labute approximate surface area is 358 Å². The molecule has 0 aliphatic carbocycles. The summed E-state index contributed by atoms with van der Waals surface area (Å²) in [7, 11) is -7.95. The lowest BCUT2D eigenvalue weighted by Crippen LogP contribution is -2.16. The van der Waals surface area contributed by atoms with Crippen LogP contribution >= 0.6 is 15.2 Å². The van der Waals surface area contributed by atoms with Crippen LogP contribution in [-0.4, -0.2) is 0 Å². The van der Waals surface area contributed by atoms with E-state index in [1.54, 1.807) is 0 Å². The van der Waals surface area contributed by atoms with Gasteiger partial charge in [0.25, 0.3) is 0 Å². The highest BCUT2D eigenvalue weighted by atomic mass is 31.2. The Kier molecular flexibility index (Phi) is 13.6. The number of benzene rings is 6. The van der Waals surface area contributed by atoms with Crippen molar-refractivity contribution in [2.24, 2.45) is 0 Å². The summed E-state index contributed by atoms with van der Waals surface area (Å²) >= 11 is 0. The zero-order valence-corrected chi connectivity index (χ0v) is 39.2. The van der Waals surface area contributed by atoms with Gasteiger partial charge < -0.3 is 18.1 Å². The molecular formula is C52H60O6P2. The first-order valence-corrected chi connectivity index (χ1v) is 24.2. The molecule has 0 fully saturated rings. The molecule has 0 saturated carbocycles. The summed E-state index contributed by atoms with van der Waals surface area (Å²) in [6.45, 7) is 24.5. The molecule has 0 amide bonds. The summed E-state index contributed by atoms with van der Waals surface area (Å²) < 4.78 is 56.7. The summed E-state index contributed by atoms with van der Waals surface area (Å²) in [5, 5.41) is 0.874. The van der Waals surface area contributed by atoms with E-state index in [1.165, 1.54) is 0 Å². The van der Waals surface area contributed by atoms with Crippen LogP contribution in [0.3, 0.4) is 0 Å². The maximum Gasteiger partial charge on any atom is 0.462 e. The number of hydrogen-bond donors (Lipinski definition) is 0. The largest absolute Gasteiger partial charge is 0.462 e. The second kappa shape index (κ2) is 18.3. The normalized spacial score (nSPS) is 11.7. The zero-order chi connectivity index (χ0) is 43.5. The van der Waals surface area contributed by atoms with Crippen molar-refractivity contribution in [3.63, 3.8) is 0 Å². The predicted molar refractivity (Wildman–Crippen MR) is 250 cm³/mol. The van der Waals surface area contributed by atoms with Crippen LogP contribution in [0.4, 0.5) is 0 Å². The van der Waals surface area contributed by atoms with Crippen molar-refractivity contribution in [3.8, 4) is 34.1 Å². The Hall–Kier alpha value is -5.02. The molecule has 0 spiro atoms. The second-order valence-electron chi connectivity index (χ2n) is 16.0. The van der Waals surface area contributed by atoms with Crippen molar-refractivity contribution in [3.05, 3.63) is 164 Å². The maximum absolute atomic E-state index is 15.2. The van der Waals surface area contributed by atoms with E-state index in [2.05, 4.69) is 52.0 Å². The van der Waals surface area contributed by atoms with E-state index in [4.69, 9.17) is 18.1 Å². The van der Waals surface area contributed by atoms with Gasteiger partial charge in [-0.05, 0) is 207 Å². The van der Waals surface area contributed by atoms with Crippen LogP contribution in [0.5, 0.6) is 23.0 Å². The number of aryl methyl sites for hydroxylation is 8. The molecule has 0 N–H and O–H groups in total. The van der Waals surface area contributed by atoms with Gasteiger partial charge in [0, 0.05) is 0 Å². The SMILES string of the molecule is CCc1cc(C)c(C)c(OP(=O)(Oc2cc(CC)cc(C)c2C)c2ccc(-c3ccc(P(=O)(Oc4cc(CC)cc(C)c4C)Oc4cc(CC)cc(C)c4C)cc3)cc2)c1. The quantitative estimate of drug-likeness (QED) is 0.0959. The van der Waals surface area contributed by atoms with Crippen LogP contribution in [0.25, 0.3) is 11.1 Å². The molecule has 6 aromatic carbocycles. The van der Waals surface area contributed by atoms with Gasteiger partial charge in [0.05, 0.1) is 10.6 Å². The molecule has 0 saturated heterocycles. The van der Waals surface area contributed by atoms with Gasteiger partial charge in [0.1, 0.15) is 23.0 Å². The molecule has 60 heavy (non-hydrogen) atoms. The fourth-order valence-electron chi connectivity index (χ4n) is 7.23. The molecule has 0 atom stereocenters. The highest BCUT2D eigenvalue weighted by Crippen LogP contribution is 2.52. The van der Waals surface area contributed by atoms with E-state index >= 15 is 9.13 Å². The molecule has 0 bridgehead atoms. The predicted octanol–water partition coefficient (Wildman–Crippen LogP) is 14.0. The van der Waals surface area contributed by atoms with Gasteiger partial charge in [-0.15, -0.1) is 0 Å². The molecule has 6 rings (SSSR count). The summed E-state index contributed by atoms with van der Waals surface area (Å²) in [6, 6.07) is 31.4. The van der Waals surface area contributed by atoms with Crippen molar-refractivity contribution >= 4 is 25.8 Å². The monoisotopic (exact) mass is 842 g/mol. The van der Waals surface area contributed by atoms with E-state index in [0.29, 0.717) is 33.6 Å². The highest BCUT2D eigenvalue weighted by Gasteiger charge is 2.35. The Balaban J connectivity index is 1.39. The molecule has 0 aliphatic rings. The Bertz CT molecular complexity index is 2310. The van der Waals surface area contributed by atoms with Gasteiger partial charge in [-0.1, -0.05) is 76.2 Å². The average Bonchev–Trinajstić information content (AvgIpc) is 3.24. The van der Waals surface area contributed by atoms with Gasteiger partial charge in [-0.2, -0.15) is 0 Å². The molecule has 6 aromatic rings. The second-order valence-corrected chi connectivity index (χ2v) is 19.8. The topological polar surface area (TPSA) is 71.1 Å². The van der Waals surface area contributed by atoms with Crippen molar-refractivity contribution < 1.29 is 27.2 Å². The summed E-state index contributed by atoms with van der Waals surface area (Å²) in [5.41, 5.74) is 14.1. The lowest BCUT2D eigenvalue weighted by atomic mass is 10.0. The van der Waals surface area contributed by atoms with E-state index in [9.17, 15) is 0 Å². The molecule has 8 heteroatoms. The highest BCUT2D eigenvalue weighted by molar-refractivity contribution is 7.63. The van der Waals surface area contributed by atoms with Crippen molar-refractivity contribution in [1.29, 1.82) is 0 Å². The fourth-order valence-corrected chi connectivity index (χ4v) is 10.5. The lowest BCUT2D eigenvalue weighted by molar-refractivity contribution is 0.395. The third kappa shape index (κ3) is 9.46. The minimum Gasteiger partial charge on any atom is -0.413 e. The van der Waals surface area contributed by atoms with Crippen molar-refractivity contribution in [2.45, 2.75) is 109 Å². The molecule has 0 aliphatic heterocycles. The zero-order valence-electron chi connectivity index (χ0n) is 37.4. The summed E-state index contributed by atoms with van der Waals surface area (Å²) in [5.74, 6) is 2.18. The Morgan fingerprint density at radius 1 is 0.350 bits per heavy atom. The minimum absolute atomic E-state index is 0.437. The van der Waals surface area contributed by atoms with Crippen LogP contribution in [0.1, 0.15) is 94.5 Å². The van der Waals surface area contributed by atoms with Crippen LogP contribution in [0, 0.1) is 55.4 Å². The number of rotatable bonds is 15. The van der Waals surface area contributed by atoms with Gasteiger partial charge in [-0.3, -0.25) is 0 Å². The van der Waals surface area contributed by atoms with Crippen LogP contribution in [0.2, 0.25) is 0 Å². The number of hydrogen-bond acceptors (Lipinski definition) is 6. The smallest absolute Gasteiger partial charge is 0.413 e. The minimum atomic E-state index is -3.98. The van der Waals surface area contributed by atoms with E-state index in [1.807, 2.05) is 128 Å². The third-order valence-electron chi connectivity index (χ3n) is 11.9. The molecular weight excluding hydrogens is 783 g/mol. The molecule has 0 heterocycles. The van der Waals surface area contributed by atoms with Crippen molar-refractivity contribution in [2.75, 3.05) is 0 Å². The van der Waals surface area contributed by atoms with E-state index in [-0.39, 0.29) is 0 Å². The third-order valence-corrected chi connectivity index (χ3v) is 15.5. The van der Waals surface area contributed by atoms with Crippen LogP contribution < -0.4 is 28.7 Å². The summed E-state index contributed by atoms with van der Waals surface area (Å²) in [4.78, 5) is 0. The Morgan fingerprint density at radius 3 is 0.767 bits per heavy atom. The van der Waals surface area contributed by atoms with E-state index < -0.39 is 15.2 Å². The summed E-state index contributed by atoms with van der Waals surface area (Å²) in [6.07, 6.45) is 3.27. The van der Waals surface area contributed by atoms with Gasteiger partial charge in [0.15, 0.2) is 0 Å². The van der Waals surface area contributed by atoms with Crippen LogP contribution in [0.15, 0.2) is 97.1 Å². The van der Waals surface area contributed by atoms with E-state index in [0.717, 1.165) is 104 Å². The fraction of sp³-hybridized carbons (Fsp3) is 0.308. The Morgan fingerprint density at radius 2 is 0.567 bits per heavy atom. The van der Waals surface area contributed by atoms with Crippen molar-refractivity contribution in [1.82, 2.24) is 0 Å². The average molecular weight is 843 g/mol. The standard InChI is InChI=1S/C52H60O6P2/c1-13-41-25-33(5)37(9)49(29-41)55-59(53,56-50-30-42(14-2)26-34(6)38(50)10)47-21-17-45(18-22-47)46-19-23-48(24-20-46)60(54,57-51-31-43(15-3)27-35(7)39(51)11)58-52-32-44(16-4)28-36(8)40(52)12/h17-32H,13-16H2,1-12H3.